The molecule has 2 aromatic rings. The summed E-state index contributed by atoms with van der Waals surface area (Å²) in [6.07, 6.45) is 0. The van der Waals surface area contributed by atoms with Gasteiger partial charge in [-0.1, -0.05) is 12.1 Å². The third kappa shape index (κ3) is 4.52. The smallest absolute Gasteiger partial charge is 0.253 e. The first-order valence-corrected chi connectivity index (χ1v) is 7.40. The summed E-state index contributed by atoms with van der Waals surface area (Å²) < 4.78 is 27.6. The maximum Gasteiger partial charge on any atom is 0.253 e. The Hall–Kier alpha value is -1.98. The van der Waals surface area contributed by atoms with E-state index in [2.05, 4.69) is 5.32 Å². The van der Waals surface area contributed by atoms with Crippen LogP contribution in [0, 0.1) is 18.6 Å². The van der Waals surface area contributed by atoms with Crippen molar-refractivity contribution in [1.29, 1.82) is 0 Å². The molecule has 0 aliphatic rings. The Balaban J connectivity index is 0.00000288. The van der Waals surface area contributed by atoms with E-state index in [0.29, 0.717) is 35.3 Å². The highest BCUT2D eigenvalue weighted by molar-refractivity contribution is 5.94. The Labute approximate surface area is 147 Å². The second kappa shape index (κ2) is 8.76. The van der Waals surface area contributed by atoms with Crippen LogP contribution in [0.4, 0.5) is 8.78 Å². The summed E-state index contributed by atoms with van der Waals surface area (Å²) in [4.78, 5) is 13.8. The Morgan fingerprint density at radius 1 is 1.12 bits per heavy atom. The average Bonchev–Trinajstić information content (AvgIpc) is 2.52. The van der Waals surface area contributed by atoms with Gasteiger partial charge in [-0.15, -0.1) is 12.4 Å². The van der Waals surface area contributed by atoms with E-state index in [1.807, 2.05) is 0 Å². The molecule has 0 aliphatic carbocycles. The quantitative estimate of drug-likeness (QED) is 0.888. The minimum atomic E-state index is -0.493. The second-order valence-corrected chi connectivity index (χ2v) is 5.48. The van der Waals surface area contributed by atoms with Crippen molar-refractivity contribution in [2.75, 3.05) is 27.2 Å². The zero-order valence-corrected chi connectivity index (χ0v) is 14.7. The van der Waals surface area contributed by atoms with Gasteiger partial charge in [-0.2, -0.15) is 0 Å². The third-order valence-electron chi connectivity index (χ3n) is 3.74. The number of nitrogens with one attached hydrogen (secondary N) is 1. The van der Waals surface area contributed by atoms with Crippen LogP contribution in [0.5, 0.6) is 0 Å². The fourth-order valence-electron chi connectivity index (χ4n) is 2.40. The molecule has 0 spiro atoms. The molecule has 0 atom stereocenters. The zero-order chi connectivity index (χ0) is 17.0. The molecule has 0 aromatic heterocycles. The number of nitrogens with zero attached hydrogens (tertiary/aromatic N) is 1. The maximum atomic E-state index is 14.4. The fraction of sp³-hybridized carbons (Fsp3) is 0.278. The van der Waals surface area contributed by atoms with Gasteiger partial charge in [-0.05, 0) is 49.4 Å². The molecular formula is C18H21ClF2N2O. The molecule has 1 amide bonds. The highest BCUT2D eigenvalue weighted by Crippen LogP contribution is 2.27. The van der Waals surface area contributed by atoms with Crippen molar-refractivity contribution in [3.05, 3.63) is 59.2 Å². The van der Waals surface area contributed by atoms with Gasteiger partial charge in [-0.25, -0.2) is 8.78 Å². The van der Waals surface area contributed by atoms with E-state index >= 15 is 0 Å². The van der Waals surface area contributed by atoms with Crippen molar-refractivity contribution in [3.8, 4) is 11.1 Å². The van der Waals surface area contributed by atoms with E-state index in [9.17, 15) is 13.6 Å². The third-order valence-corrected chi connectivity index (χ3v) is 3.74. The lowest BCUT2D eigenvalue weighted by atomic mass is 9.98. The number of benzene rings is 2. The summed E-state index contributed by atoms with van der Waals surface area (Å²) in [5, 5.41) is 2.96. The van der Waals surface area contributed by atoms with Crippen LogP contribution in [0.1, 0.15) is 15.9 Å². The lowest BCUT2D eigenvalue weighted by Crippen LogP contribution is -2.32. The van der Waals surface area contributed by atoms with Gasteiger partial charge in [0.05, 0.1) is 0 Å². The summed E-state index contributed by atoms with van der Waals surface area (Å²) in [6.45, 7) is 2.93. The van der Waals surface area contributed by atoms with Crippen LogP contribution in [-0.4, -0.2) is 38.0 Å². The van der Waals surface area contributed by atoms with Gasteiger partial charge >= 0.3 is 0 Å². The van der Waals surface area contributed by atoms with Crippen LogP contribution >= 0.6 is 12.4 Å². The molecule has 0 heterocycles. The Bertz CT molecular complexity index is 722. The zero-order valence-electron chi connectivity index (χ0n) is 13.9. The summed E-state index contributed by atoms with van der Waals surface area (Å²) >= 11 is 0. The first kappa shape index (κ1) is 20.1. The normalized spacial score (nSPS) is 10.2. The second-order valence-electron chi connectivity index (χ2n) is 5.48. The molecule has 1 N–H and O–H groups in total. The molecule has 2 aromatic carbocycles. The van der Waals surface area contributed by atoms with Crippen LogP contribution in [0.2, 0.25) is 0 Å². The number of carbonyl (C=O) groups is 1. The van der Waals surface area contributed by atoms with Crippen LogP contribution in [-0.2, 0) is 0 Å². The maximum absolute atomic E-state index is 14.4. The number of likely N-dealkylation sites (N-methyl/N-ethyl adjacent to an activating group) is 2. The number of hydrogen-bond acceptors (Lipinski definition) is 2. The lowest BCUT2D eigenvalue weighted by molar-refractivity contribution is 0.0796. The minimum absolute atomic E-state index is 0. The number of hydrogen-bond donors (Lipinski definition) is 1. The van der Waals surface area contributed by atoms with Crippen LogP contribution in [0.15, 0.2) is 36.4 Å². The van der Waals surface area contributed by atoms with E-state index in [0.717, 1.165) is 0 Å². The predicted molar refractivity (Wildman–Crippen MR) is 94.7 cm³/mol. The van der Waals surface area contributed by atoms with E-state index in [1.165, 1.54) is 23.1 Å². The molecule has 0 bridgehead atoms. The van der Waals surface area contributed by atoms with E-state index in [1.54, 1.807) is 39.2 Å². The van der Waals surface area contributed by atoms with E-state index < -0.39 is 5.82 Å². The first-order valence-electron chi connectivity index (χ1n) is 7.40. The molecule has 0 radical (unpaired) electrons. The number of rotatable bonds is 5. The van der Waals surface area contributed by atoms with Crippen LogP contribution in [0.3, 0.4) is 0 Å². The Morgan fingerprint density at radius 2 is 1.79 bits per heavy atom. The molecule has 3 nitrogen and oxygen atoms in total. The SMILES string of the molecule is CNCCN(C)C(=O)c1ccc(-c2ccc(F)cc2C)c(F)c1.Cl. The molecule has 2 rings (SSSR count). The molecule has 0 saturated heterocycles. The van der Waals surface area contributed by atoms with Gasteiger partial charge in [0.1, 0.15) is 11.6 Å². The summed E-state index contributed by atoms with van der Waals surface area (Å²) in [6, 6.07) is 8.60. The standard InChI is InChI=1S/C18H20F2N2O.ClH/c1-12-10-14(19)5-7-15(12)16-6-4-13(11-17(16)20)18(23)22(3)9-8-21-2;/h4-7,10-11,21H,8-9H2,1-3H3;1H. The van der Waals surface area contributed by atoms with E-state index in [4.69, 9.17) is 0 Å². The summed E-state index contributed by atoms with van der Waals surface area (Å²) in [7, 11) is 3.48. The largest absolute Gasteiger partial charge is 0.340 e. The van der Waals surface area contributed by atoms with Crippen molar-refractivity contribution < 1.29 is 13.6 Å². The molecule has 24 heavy (non-hydrogen) atoms. The molecule has 6 heteroatoms. The highest BCUT2D eigenvalue weighted by atomic mass is 35.5. The predicted octanol–water partition coefficient (Wildman–Crippen LogP) is 3.65. The van der Waals surface area contributed by atoms with Crippen molar-refractivity contribution >= 4 is 18.3 Å². The number of aryl methyl sites for hydroxylation is 1. The molecule has 0 aliphatic heterocycles. The number of halogens is 3. The van der Waals surface area contributed by atoms with E-state index in [-0.39, 0.29) is 24.1 Å². The van der Waals surface area contributed by atoms with Crippen molar-refractivity contribution in [2.45, 2.75) is 6.92 Å². The van der Waals surface area contributed by atoms with Gasteiger partial charge in [-0.3, -0.25) is 4.79 Å². The number of carbonyl (C=O) groups excluding carboxylic acids is 1. The molecule has 0 unspecified atom stereocenters. The Morgan fingerprint density at radius 3 is 2.38 bits per heavy atom. The topological polar surface area (TPSA) is 32.3 Å². The summed E-state index contributed by atoms with van der Waals surface area (Å²) in [5.74, 6) is -1.08. The lowest BCUT2D eigenvalue weighted by Gasteiger charge is -2.17. The van der Waals surface area contributed by atoms with Crippen molar-refractivity contribution in [1.82, 2.24) is 10.2 Å². The van der Waals surface area contributed by atoms with Gasteiger partial charge in [0, 0.05) is 31.3 Å². The average molecular weight is 355 g/mol. The van der Waals surface area contributed by atoms with Gasteiger partial charge in [0.2, 0.25) is 0 Å². The van der Waals surface area contributed by atoms with Gasteiger partial charge < -0.3 is 10.2 Å². The molecular weight excluding hydrogens is 334 g/mol. The van der Waals surface area contributed by atoms with Gasteiger partial charge in [0.25, 0.3) is 5.91 Å². The molecule has 0 saturated carbocycles. The van der Waals surface area contributed by atoms with Crippen LogP contribution < -0.4 is 5.32 Å². The molecule has 0 fully saturated rings. The fourth-order valence-corrected chi connectivity index (χ4v) is 2.40. The molecule has 130 valence electrons. The van der Waals surface area contributed by atoms with Gasteiger partial charge in [0.15, 0.2) is 0 Å². The highest BCUT2D eigenvalue weighted by Gasteiger charge is 2.15. The monoisotopic (exact) mass is 354 g/mol. The van der Waals surface area contributed by atoms with Crippen LogP contribution in [0.25, 0.3) is 11.1 Å². The Kier molecular flexibility index (Phi) is 7.32. The summed E-state index contributed by atoms with van der Waals surface area (Å²) in [5.41, 5.74) is 1.92. The van der Waals surface area contributed by atoms with Crippen molar-refractivity contribution in [2.24, 2.45) is 0 Å². The van der Waals surface area contributed by atoms with Crippen molar-refractivity contribution in [3.63, 3.8) is 0 Å². The first-order chi connectivity index (χ1) is 10.9. The number of amides is 1. The minimum Gasteiger partial charge on any atom is -0.340 e.